The summed E-state index contributed by atoms with van der Waals surface area (Å²) in [6.07, 6.45) is 15.3. The van der Waals surface area contributed by atoms with Crippen LogP contribution < -0.4 is 18.9 Å². The molecule has 0 atom stereocenters. The van der Waals surface area contributed by atoms with Gasteiger partial charge in [0.15, 0.2) is 0 Å². The first-order valence-electron chi connectivity index (χ1n) is 6.67. The van der Waals surface area contributed by atoms with E-state index in [-0.39, 0.29) is 18.9 Å². The first-order chi connectivity index (χ1) is 7.45. The van der Waals surface area contributed by atoms with Crippen molar-refractivity contribution >= 4 is 6.34 Å². The Kier molecular flexibility index (Phi) is 7.24. The van der Waals surface area contributed by atoms with E-state index in [9.17, 15) is 0 Å². The van der Waals surface area contributed by atoms with Gasteiger partial charge < -0.3 is 10.3 Å². The molecule has 3 heteroatoms. The van der Waals surface area contributed by atoms with Crippen molar-refractivity contribution in [1.29, 1.82) is 0 Å². The van der Waals surface area contributed by atoms with Gasteiger partial charge >= 0.3 is 18.9 Å². The van der Waals surface area contributed by atoms with Crippen molar-refractivity contribution in [1.82, 2.24) is 0 Å². The summed E-state index contributed by atoms with van der Waals surface area (Å²) in [7, 11) is 0. The van der Waals surface area contributed by atoms with Crippen LogP contribution in [-0.4, -0.2) is 18.4 Å². The monoisotopic (exact) mass is 214 g/mol. The average Bonchev–Trinajstić information content (AvgIpc) is 2.32. The van der Waals surface area contributed by atoms with E-state index in [4.69, 9.17) is 0 Å². The van der Waals surface area contributed by atoms with Gasteiger partial charge in [-0.15, -0.1) is 6.34 Å². The minimum atomic E-state index is 0. The molecule has 0 heterocycles. The predicted octanol–water partition coefficient (Wildman–Crippen LogP) is 1.06. The topological polar surface area (TPSA) is 26.5 Å². The Bertz CT molecular complexity index is 194. The minimum Gasteiger partial charge on any atom is -0.469 e. The summed E-state index contributed by atoms with van der Waals surface area (Å²) in [4.78, 5) is 4.59. The number of aliphatic imine (C=N–C) groups is 1. The van der Waals surface area contributed by atoms with Gasteiger partial charge in [0, 0.05) is 0 Å². The van der Waals surface area contributed by atoms with Crippen molar-refractivity contribution in [2.75, 3.05) is 0 Å². The quantitative estimate of drug-likeness (QED) is 0.381. The molecule has 0 amide bonds. The molecule has 0 unspecified atom stereocenters. The van der Waals surface area contributed by atoms with Gasteiger partial charge in [0.2, 0.25) is 0 Å². The van der Waals surface area contributed by atoms with Gasteiger partial charge in [-0.25, -0.2) is 0 Å². The third kappa shape index (κ3) is 4.93. The predicted molar refractivity (Wildman–Crippen MR) is 65.6 cm³/mol. The summed E-state index contributed by atoms with van der Waals surface area (Å²) in [5.41, 5.74) is 0. The molecule has 0 aromatic rings. The molecule has 16 heavy (non-hydrogen) atoms. The molecule has 86 valence electrons. The van der Waals surface area contributed by atoms with Crippen LogP contribution >= 0.6 is 0 Å². The maximum Gasteiger partial charge on any atom is 1.00 e. The summed E-state index contributed by atoms with van der Waals surface area (Å²) in [6.45, 7) is 0. The fourth-order valence-corrected chi connectivity index (χ4v) is 2.69. The third-order valence-electron chi connectivity index (χ3n) is 3.70. The number of hydrogen-bond donors (Lipinski definition) is 0. The zero-order chi connectivity index (χ0) is 10.3. The summed E-state index contributed by atoms with van der Waals surface area (Å²) in [6, 6.07) is 1.18. The van der Waals surface area contributed by atoms with E-state index in [0.717, 1.165) is 0 Å². The number of nitrogens with zero attached hydrogens (tertiary/aromatic N) is 2. The second-order valence-corrected chi connectivity index (χ2v) is 5.00. The van der Waals surface area contributed by atoms with Crippen molar-refractivity contribution in [3.63, 3.8) is 0 Å². The molecule has 0 aliphatic heterocycles. The smallest absolute Gasteiger partial charge is 0.469 e. The Morgan fingerprint density at radius 3 is 2.00 bits per heavy atom. The molecule has 0 N–H and O–H groups in total. The second kappa shape index (κ2) is 8.20. The van der Waals surface area contributed by atoms with Gasteiger partial charge in [-0.05, 0) is 12.1 Å². The van der Waals surface area contributed by atoms with Crippen LogP contribution in [0.5, 0.6) is 0 Å². The Morgan fingerprint density at radius 2 is 1.38 bits per heavy atom. The third-order valence-corrected chi connectivity index (χ3v) is 3.70. The summed E-state index contributed by atoms with van der Waals surface area (Å²) in [5.74, 6) is 0. The molecule has 0 aromatic carbocycles. The second-order valence-electron chi connectivity index (χ2n) is 5.00. The van der Waals surface area contributed by atoms with Crippen molar-refractivity contribution in [3.8, 4) is 0 Å². The molecule has 2 fully saturated rings. The Hall–Kier alpha value is 0.0674. The van der Waals surface area contributed by atoms with Crippen molar-refractivity contribution in [2.24, 2.45) is 4.99 Å². The normalized spacial score (nSPS) is 24.2. The maximum atomic E-state index is 4.59. The van der Waals surface area contributed by atoms with E-state index in [1.165, 1.54) is 64.2 Å². The van der Waals surface area contributed by atoms with E-state index in [1.54, 1.807) is 0 Å². The van der Waals surface area contributed by atoms with Crippen LogP contribution in [0.4, 0.5) is 0 Å². The average molecular weight is 214 g/mol. The van der Waals surface area contributed by atoms with Crippen molar-refractivity contribution in [3.05, 3.63) is 5.32 Å². The molecule has 0 spiro atoms. The Balaban J connectivity index is 0.00000128. The van der Waals surface area contributed by atoms with E-state index in [1.807, 2.05) is 6.34 Å². The molecule has 0 radical (unpaired) electrons. The molecule has 0 aromatic heterocycles. The molecule has 2 saturated carbocycles. The molecule has 2 aliphatic carbocycles. The largest absolute Gasteiger partial charge is 1.00 e. The summed E-state index contributed by atoms with van der Waals surface area (Å²) < 4.78 is 0. The van der Waals surface area contributed by atoms with E-state index >= 15 is 0 Å². The fourth-order valence-electron chi connectivity index (χ4n) is 2.69. The van der Waals surface area contributed by atoms with E-state index < -0.39 is 0 Å². The van der Waals surface area contributed by atoms with Crippen LogP contribution in [0.15, 0.2) is 4.99 Å². The van der Waals surface area contributed by atoms with Gasteiger partial charge in [0.1, 0.15) is 0 Å². The molecule has 0 saturated heterocycles. The number of rotatable bonds is 3. The van der Waals surface area contributed by atoms with Crippen molar-refractivity contribution in [2.45, 2.75) is 76.3 Å². The van der Waals surface area contributed by atoms with Crippen LogP contribution in [0.2, 0.25) is 0 Å². The Labute approximate surface area is 112 Å². The van der Waals surface area contributed by atoms with Crippen molar-refractivity contribution < 1.29 is 18.9 Å². The van der Waals surface area contributed by atoms with Gasteiger partial charge in [-0.3, -0.25) is 0 Å². The van der Waals surface area contributed by atoms with Gasteiger partial charge in [0.25, 0.3) is 0 Å². The first-order valence-corrected chi connectivity index (χ1v) is 6.67. The van der Waals surface area contributed by atoms with Crippen LogP contribution in [-0.2, 0) is 0 Å². The molecule has 2 rings (SSSR count). The zero-order valence-electron chi connectivity index (χ0n) is 10.7. The van der Waals surface area contributed by atoms with Crippen LogP contribution in [0.3, 0.4) is 0 Å². The van der Waals surface area contributed by atoms with Crippen LogP contribution in [0.1, 0.15) is 64.2 Å². The molecule has 2 nitrogen and oxygen atoms in total. The summed E-state index contributed by atoms with van der Waals surface area (Å²) >= 11 is 0. The first kappa shape index (κ1) is 14.1. The Morgan fingerprint density at radius 1 is 0.812 bits per heavy atom. The fraction of sp³-hybridized carbons (Fsp3) is 0.923. The SMILES string of the molecule is C(=NC1CCCCC1)[N-]C1CCCCC1.[Li+]. The summed E-state index contributed by atoms with van der Waals surface area (Å²) in [5, 5.41) is 4.59. The maximum absolute atomic E-state index is 4.59. The van der Waals surface area contributed by atoms with E-state index in [2.05, 4.69) is 10.3 Å². The standard InChI is InChI=1S/C13H23N2.Li/c1-3-7-12(8-4-1)14-11-15-13-9-5-2-6-10-13;/h11-13H,1-10H2;/q-1;+1. The molecule has 0 bridgehead atoms. The minimum absolute atomic E-state index is 0. The van der Waals surface area contributed by atoms with E-state index in [0.29, 0.717) is 12.1 Å². The molecular formula is C13H23LiN2. The molecular weight excluding hydrogens is 191 g/mol. The zero-order valence-corrected chi connectivity index (χ0v) is 10.7. The van der Waals surface area contributed by atoms with Gasteiger partial charge in [-0.2, -0.15) is 0 Å². The van der Waals surface area contributed by atoms with Crippen LogP contribution in [0, 0.1) is 0 Å². The number of hydrogen-bond acceptors (Lipinski definition) is 1. The van der Waals surface area contributed by atoms with Gasteiger partial charge in [-0.1, -0.05) is 64.2 Å². The van der Waals surface area contributed by atoms with Crippen LogP contribution in [0.25, 0.3) is 5.32 Å². The van der Waals surface area contributed by atoms with Gasteiger partial charge in [0.05, 0.1) is 0 Å². The molecule has 2 aliphatic rings.